The Labute approximate surface area is 373 Å². The fourth-order valence-electron chi connectivity index (χ4n) is 9.53. The van der Waals surface area contributed by atoms with Crippen LogP contribution in [0.4, 0.5) is 33.4 Å². The van der Waals surface area contributed by atoms with Crippen molar-refractivity contribution in [2.75, 3.05) is 79.5 Å². The van der Waals surface area contributed by atoms with Crippen molar-refractivity contribution in [3.63, 3.8) is 0 Å². The zero-order chi connectivity index (χ0) is 44.5. The quantitative estimate of drug-likeness (QED) is 0.124. The number of carbonyl (C=O) groups excluding carboxylic acids is 4. The molecule has 5 N–H and O–H groups in total. The molecule has 1 aromatic heterocycles. The van der Waals surface area contributed by atoms with Crippen LogP contribution in [0.25, 0.3) is 11.3 Å². The smallest absolute Gasteiger partial charge is 0.328 e. The summed E-state index contributed by atoms with van der Waals surface area (Å²) in [6.45, 7) is 12.3. The number of urea groups is 1. The molecule has 0 aliphatic carbocycles. The molecule has 3 saturated heterocycles. The van der Waals surface area contributed by atoms with E-state index in [1.807, 2.05) is 61.0 Å². The second kappa shape index (κ2) is 18.1. The van der Waals surface area contributed by atoms with E-state index < -0.39 is 5.91 Å². The van der Waals surface area contributed by atoms with Gasteiger partial charge in [0.1, 0.15) is 22.8 Å². The Morgan fingerprint density at radius 2 is 1.53 bits per heavy atom. The zero-order valence-corrected chi connectivity index (χ0v) is 36.8. The molecule has 5 heterocycles. The number of anilines is 5. The molecular formula is C49H56N10O5. The lowest BCUT2D eigenvalue weighted by Crippen LogP contribution is -2.49. The normalized spacial score (nSPS) is 17.0. The number of carbonyl (C=O) groups is 4. The Morgan fingerprint density at radius 3 is 2.25 bits per heavy atom. The van der Waals surface area contributed by atoms with Crippen molar-refractivity contribution >= 4 is 52.3 Å². The number of fused-ring (bicyclic) bond motifs is 2. The van der Waals surface area contributed by atoms with E-state index in [-0.39, 0.29) is 17.8 Å². The van der Waals surface area contributed by atoms with Crippen LogP contribution in [-0.4, -0.2) is 97.9 Å². The van der Waals surface area contributed by atoms with Gasteiger partial charge in [-0.05, 0) is 122 Å². The molecular weight excluding hydrogens is 809 g/mol. The third-order valence-corrected chi connectivity index (χ3v) is 13.2. The number of benzene rings is 4. The third kappa shape index (κ3) is 8.85. The maximum Gasteiger partial charge on any atom is 0.328 e. The van der Waals surface area contributed by atoms with Crippen molar-refractivity contribution in [1.82, 2.24) is 25.3 Å². The lowest BCUT2D eigenvalue weighted by atomic mass is 9.95. The lowest BCUT2D eigenvalue weighted by Gasteiger charge is -2.40. The second-order valence-electron chi connectivity index (χ2n) is 17.4. The van der Waals surface area contributed by atoms with Gasteiger partial charge in [-0.25, -0.2) is 9.48 Å². The van der Waals surface area contributed by atoms with E-state index in [0.29, 0.717) is 60.4 Å². The number of methoxy groups -OCH3 is 1. The van der Waals surface area contributed by atoms with E-state index in [0.717, 1.165) is 98.7 Å². The maximum atomic E-state index is 13.1. The number of hydrogen-bond donors (Lipinski definition) is 4. The highest BCUT2D eigenvalue weighted by Crippen LogP contribution is 2.37. The summed E-state index contributed by atoms with van der Waals surface area (Å²) in [6, 6.07) is 25.7. The van der Waals surface area contributed by atoms with Crippen molar-refractivity contribution in [2.24, 2.45) is 11.7 Å². The summed E-state index contributed by atoms with van der Waals surface area (Å²) in [7, 11) is 1.56. The number of aromatic nitrogens is 2. The van der Waals surface area contributed by atoms with Crippen LogP contribution in [0.2, 0.25) is 0 Å². The van der Waals surface area contributed by atoms with Gasteiger partial charge in [-0.2, -0.15) is 5.10 Å². The number of imide groups is 1. The fraction of sp³-hybridized carbons (Fsp3) is 0.367. The largest absolute Gasteiger partial charge is 0.496 e. The number of piperazine rings is 1. The first-order chi connectivity index (χ1) is 31.0. The van der Waals surface area contributed by atoms with Gasteiger partial charge in [0.2, 0.25) is 5.91 Å². The number of amides is 5. The first kappa shape index (κ1) is 42.4. The molecule has 15 heteroatoms. The van der Waals surface area contributed by atoms with Crippen molar-refractivity contribution in [3.05, 3.63) is 112 Å². The molecule has 4 aliphatic heterocycles. The average Bonchev–Trinajstić information content (AvgIpc) is 3.57. The topological polar surface area (TPSA) is 170 Å². The molecule has 4 aliphatic rings. The summed E-state index contributed by atoms with van der Waals surface area (Å²) in [5, 5.41) is 13.9. The number of ether oxygens (including phenoxy) is 1. The highest BCUT2D eigenvalue weighted by Gasteiger charge is 2.29. The molecule has 5 aromatic rings. The van der Waals surface area contributed by atoms with Crippen LogP contribution in [0.15, 0.2) is 78.9 Å². The van der Waals surface area contributed by atoms with Crippen LogP contribution >= 0.6 is 0 Å². The number of nitrogens with one attached hydrogen (secondary N) is 3. The Hall–Kier alpha value is -6.87. The minimum Gasteiger partial charge on any atom is -0.496 e. The van der Waals surface area contributed by atoms with Crippen molar-refractivity contribution in [2.45, 2.75) is 52.6 Å². The van der Waals surface area contributed by atoms with Gasteiger partial charge in [-0.15, -0.1) is 0 Å². The Kier molecular flexibility index (Phi) is 12.0. The molecule has 3 fully saturated rings. The number of rotatable bonds is 11. The molecule has 15 nitrogen and oxygen atoms in total. The third-order valence-electron chi connectivity index (χ3n) is 13.2. The van der Waals surface area contributed by atoms with Gasteiger partial charge in [0, 0.05) is 100 Å². The molecule has 4 aromatic carbocycles. The Balaban J connectivity index is 0.782. The molecule has 0 unspecified atom stereocenters. The molecule has 5 amide bonds. The summed E-state index contributed by atoms with van der Waals surface area (Å²) in [4.78, 5) is 59.1. The first-order valence-electron chi connectivity index (χ1n) is 22.3. The van der Waals surface area contributed by atoms with E-state index in [1.54, 1.807) is 18.1 Å². The van der Waals surface area contributed by atoms with Crippen LogP contribution in [0.3, 0.4) is 0 Å². The van der Waals surface area contributed by atoms with Gasteiger partial charge in [0.25, 0.3) is 11.8 Å². The molecule has 0 atom stereocenters. The van der Waals surface area contributed by atoms with Gasteiger partial charge < -0.3 is 30.9 Å². The number of piperidine rings is 1. The van der Waals surface area contributed by atoms with E-state index in [4.69, 9.17) is 15.6 Å². The molecule has 0 radical (unpaired) electrons. The SMILES string of the molecule is COc1cc(C)ccc1C(=O)NCc1ccc(-c2nn3c(c2C(N)=O)Nc2ccc(N4CCN(CC5CCN(c6ccc(N7CCC(=O)NC7=O)cc6)CC5)CC4)cc2CC3)cc1C. The molecule has 0 spiro atoms. The summed E-state index contributed by atoms with van der Waals surface area (Å²) in [5.74, 6) is 0.790. The van der Waals surface area contributed by atoms with Gasteiger partial charge in [-0.1, -0.05) is 18.2 Å². The first-order valence-corrected chi connectivity index (χ1v) is 22.3. The summed E-state index contributed by atoms with van der Waals surface area (Å²) in [6.07, 6.45) is 3.35. The molecule has 332 valence electrons. The van der Waals surface area contributed by atoms with Crippen LogP contribution in [-0.2, 0) is 24.3 Å². The predicted octanol–water partition coefficient (Wildman–Crippen LogP) is 5.99. The molecule has 0 saturated carbocycles. The van der Waals surface area contributed by atoms with Crippen molar-refractivity contribution in [3.8, 4) is 17.0 Å². The highest BCUT2D eigenvalue weighted by molar-refractivity contribution is 6.06. The van der Waals surface area contributed by atoms with Crippen LogP contribution in [0.5, 0.6) is 5.75 Å². The van der Waals surface area contributed by atoms with Gasteiger partial charge in [0.05, 0.1) is 12.7 Å². The number of nitrogens with zero attached hydrogens (tertiary/aromatic N) is 6. The van der Waals surface area contributed by atoms with Gasteiger partial charge in [0.15, 0.2) is 0 Å². The monoisotopic (exact) mass is 864 g/mol. The van der Waals surface area contributed by atoms with Gasteiger partial charge >= 0.3 is 6.03 Å². The lowest BCUT2D eigenvalue weighted by molar-refractivity contribution is -0.120. The Bertz CT molecular complexity index is 2590. The number of aryl methyl sites for hydroxylation is 4. The van der Waals surface area contributed by atoms with E-state index in [1.165, 1.54) is 16.9 Å². The van der Waals surface area contributed by atoms with Crippen LogP contribution < -0.4 is 41.1 Å². The minimum absolute atomic E-state index is 0.218. The minimum atomic E-state index is -0.551. The van der Waals surface area contributed by atoms with E-state index >= 15 is 0 Å². The second-order valence-corrected chi connectivity index (χ2v) is 17.4. The van der Waals surface area contributed by atoms with Crippen LogP contribution in [0, 0.1) is 19.8 Å². The zero-order valence-electron chi connectivity index (χ0n) is 36.8. The average molecular weight is 865 g/mol. The number of nitrogens with two attached hydrogens (primary N) is 1. The van der Waals surface area contributed by atoms with E-state index in [9.17, 15) is 19.2 Å². The standard InChI is InChI=1S/C49H56N10O5/c1-31-4-12-40(42(26-31)64-3)48(62)51-29-36-6-5-35(27-32(36)2)45-44(46(50)61)47-52-41-13-11-39(28-34(41)16-21-59(47)54-45)57-24-22-55(23-25-57)30-33-14-18-56(19-15-33)37-7-9-38(10-8-37)58-20-17-43(60)53-49(58)63/h4-13,26-28,33,52H,14-25,29-30H2,1-3H3,(H2,50,61)(H,51,62)(H,53,60,63). The summed E-state index contributed by atoms with van der Waals surface area (Å²) >= 11 is 0. The van der Waals surface area contributed by atoms with Crippen molar-refractivity contribution in [1.29, 1.82) is 0 Å². The summed E-state index contributed by atoms with van der Waals surface area (Å²) in [5.41, 5.74) is 16.4. The van der Waals surface area contributed by atoms with Crippen LogP contribution in [0.1, 0.15) is 62.2 Å². The molecule has 9 rings (SSSR count). The predicted molar refractivity (Wildman–Crippen MR) is 249 cm³/mol. The summed E-state index contributed by atoms with van der Waals surface area (Å²) < 4.78 is 7.29. The van der Waals surface area contributed by atoms with E-state index in [2.05, 4.69) is 61.0 Å². The Morgan fingerprint density at radius 1 is 0.797 bits per heavy atom. The fourth-order valence-corrected chi connectivity index (χ4v) is 9.53. The van der Waals surface area contributed by atoms with Gasteiger partial charge in [-0.3, -0.25) is 29.5 Å². The number of hydrogen-bond acceptors (Lipinski definition) is 10. The maximum absolute atomic E-state index is 13.1. The highest BCUT2D eigenvalue weighted by atomic mass is 16.5. The number of primary amides is 1. The molecule has 64 heavy (non-hydrogen) atoms. The van der Waals surface area contributed by atoms with Crippen molar-refractivity contribution < 1.29 is 23.9 Å². The molecule has 0 bridgehead atoms.